The molecule has 120 valence electrons. The normalized spacial score (nSPS) is 10.5. The molecule has 1 N–H and O–H groups in total. The zero-order valence-corrected chi connectivity index (χ0v) is 14.3. The van der Waals surface area contributed by atoms with Crippen LogP contribution in [0.3, 0.4) is 0 Å². The fourth-order valence-corrected chi connectivity index (χ4v) is 2.72. The molecule has 0 aliphatic rings. The lowest BCUT2D eigenvalue weighted by atomic mass is 9.98. The third-order valence-corrected chi connectivity index (χ3v) is 4.46. The van der Waals surface area contributed by atoms with Crippen LogP contribution in [0.2, 0.25) is 5.02 Å². The number of hydrogen-bond acceptors (Lipinski definition) is 3. The molecule has 2 aromatic carbocycles. The molecule has 0 radical (unpaired) electrons. The molecular formula is C20H17ClN2O. The third-order valence-electron chi connectivity index (χ3n) is 3.98. The van der Waals surface area contributed by atoms with Gasteiger partial charge in [0.1, 0.15) is 0 Å². The van der Waals surface area contributed by atoms with Gasteiger partial charge in [0.05, 0.1) is 22.6 Å². The Hall–Kier alpha value is -2.65. The molecule has 3 aromatic rings. The molecule has 1 aromatic heterocycles. The largest absolute Gasteiger partial charge is 0.353 e. The fraction of sp³-hybridized carbons (Fsp3) is 0.100. The molecule has 0 atom stereocenters. The first kappa shape index (κ1) is 16.2. The minimum Gasteiger partial charge on any atom is -0.353 e. The maximum atomic E-state index is 12.7. The first-order valence-corrected chi connectivity index (χ1v) is 8.02. The Morgan fingerprint density at radius 2 is 1.75 bits per heavy atom. The van der Waals surface area contributed by atoms with Gasteiger partial charge in [-0.15, -0.1) is 0 Å². The summed E-state index contributed by atoms with van der Waals surface area (Å²) in [6, 6.07) is 14.8. The van der Waals surface area contributed by atoms with Crippen molar-refractivity contribution in [2.24, 2.45) is 0 Å². The second kappa shape index (κ2) is 6.85. The number of hydrogen-bond donors (Lipinski definition) is 1. The zero-order valence-electron chi connectivity index (χ0n) is 13.5. The average molecular weight is 337 g/mol. The molecule has 0 spiro atoms. The number of nitrogens with zero attached hydrogens (tertiary/aromatic N) is 1. The Labute approximate surface area is 146 Å². The monoisotopic (exact) mass is 336 g/mol. The minimum absolute atomic E-state index is 0.0286. The first-order chi connectivity index (χ1) is 11.6. The fourth-order valence-electron chi connectivity index (χ4n) is 2.51. The quantitative estimate of drug-likeness (QED) is 0.655. The molecule has 0 unspecified atom stereocenters. The Kier molecular flexibility index (Phi) is 4.63. The number of anilines is 2. The van der Waals surface area contributed by atoms with Crippen LogP contribution in [-0.2, 0) is 0 Å². The number of halogens is 1. The van der Waals surface area contributed by atoms with Crippen molar-refractivity contribution in [1.29, 1.82) is 0 Å². The zero-order chi connectivity index (χ0) is 17.1. The van der Waals surface area contributed by atoms with Gasteiger partial charge in [-0.3, -0.25) is 9.78 Å². The number of carbonyl (C=O) groups is 1. The predicted octanol–water partition coefficient (Wildman–Crippen LogP) is 5.33. The summed E-state index contributed by atoms with van der Waals surface area (Å²) in [7, 11) is 0. The maximum absolute atomic E-state index is 12.7. The highest BCUT2D eigenvalue weighted by molar-refractivity contribution is 6.35. The Morgan fingerprint density at radius 1 is 1.00 bits per heavy atom. The topological polar surface area (TPSA) is 42.0 Å². The summed E-state index contributed by atoms with van der Waals surface area (Å²) in [6.07, 6.45) is 3.50. The molecule has 0 saturated heterocycles. The lowest BCUT2D eigenvalue weighted by Gasteiger charge is -2.14. The highest BCUT2D eigenvalue weighted by Crippen LogP contribution is 2.32. The van der Waals surface area contributed by atoms with Crippen molar-refractivity contribution < 1.29 is 4.79 Å². The van der Waals surface area contributed by atoms with Crippen molar-refractivity contribution in [3.8, 4) is 0 Å². The number of rotatable bonds is 4. The summed E-state index contributed by atoms with van der Waals surface area (Å²) in [5.41, 5.74) is 4.75. The van der Waals surface area contributed by atoms with Gasteiger partial charge >= 0.3 is 0 Å². The molecule has 3 rings (SSSR count). The van der Waals surface area contributed by atoms with E-state index in [1.807, 2.05) is 50.2 Å². The van der Waals surface area contributed by atoms with Gasteiger partial charge in [0.25, 0.3) is 0 Å². The van der Waals surface area contributed by atoms with E-state index in [9.17, 15) is 4.79 Å². The van der Waals surface area contributed by atoms with Gasteiger partial charge in [0.2, 0.25) is 0 Å². The van der Waals surface area contributed by atoms with Crippen LogP contribution in [0.15, 0.2) is 60.9 Å². The van der Waals surface area contributed by atoms with Crippen molar-refractivity contribution in [2.75, 3.05) is 5.32 Å². The highest BCUT2D eigenvalue weighted by atomic mass is 35.5. The Morgan fingerprint density at radius 3 is 2.46 bits per heavy atom. The van der Waals surface area contributed by atoms with E-state index in [2.05, 4.69) is 10.3 Å². The minimum atomic E-state index is -0.0286. The summed E-state index contributed by atoms with van der Waals surface area (Å²) in [4.78, 5) is 16.8. The number of nitrogens with one attached hydrogen (secondary N) is 1. The van der Waals surface area contributed by atoms with Crippen LogP contribution in [-0.4, -0.2) is 10.8 Å². The number of pyridine rings is 1. The molecule has 0 fully saturated rings. The van der Waals surface area contributed by atoms with E-state index in [-0.39, 0.29) is 5.78 Å². The van der Waals surface area contributed by atoms with E-state index >= 15 is 0 Å². The molecule has 0 aliphatic carbocycles. The van der Waals surface area contributed by atoms with Gasteiger partial charge in [0, 0.05) is 17.3 Å². The summed E-state index contributed by atoms with van der Waals surface area (Å²) in [5.74, 6) is -0.0286. The molecule has 1 heterocycles. The number of carbonyl (C=O) groups excluding carboxylic acids is 1. The van der Waals surface area contributed by atoms with Gasteiger partial charge in [0.15, 0.2) is 5.78 Å². The Balaban J connectivity index is 1.95. The van der Waals surface area contributed by atoms with E-state index in [4.69, 9.17) is 11.6 Å². The number of benzene rings is 2. The average Bonchev–Trinajstić information content (AvgIpc) is 2.61. The summed E-state index contributed by atoms with van der Waals surface area (Å²) in [6.45, 7) is 3.86. The summed E-state index contributed by atoms with van der Waals surface area (Å²) >= 11 is 6.50. The van der Waals surface area contributed by atoms with E-state index in [0.29, 0.717) is 16.1 Å². The van der Waals surface area contributed by atoms with Gasteiger partial charge in [-0.05, 0) is 43.2 Å². The van der Waals surface area contributed by atoms with Crippen LogP contribution in [0.25, 0.3) is 0 Å². The third kappa shape index (κ3) is 3.17. The molecule has 0 saturated carbocycles. The van der Waals surface area contributed by atoms with Crippen molar-refractivity contribution in [3.63, 3.8) is 0 Å². The number of aromatic nitrogens is 1. The van der Waals surface area contributed by atoms with Crippen molar-refractivity contribution in [1.82, 2.24) is 4.98 Å². The molecule has 3 nitrogen and oxygen atoms in total. The molecule has 0 aliphatic heterocycles. The van der Waals surface area contributed by atoms with Crippen molar-refractivity contribution in [3.05, 3.63) is 88.2 Å². The van der Waals surface area contributed by atoms with E-state index < -0.39 is 0 Å². The van der Waals surface area contributed by atoms with Crippen molar-refractivity contribution >= 4 is 28.8 Å². The van der Waals surface area contributed by atoms with E-state index in [1.165, 1.54) is 0 Å². The van der Waals surface area contributed by atoms with E-state index in [0.717, 1.165) is 22.5 Å². The Bertz CT molecular complexity index is 891. The van der Waals surface area contributed by atoms with Crippen LogP contribution < -0.4 is 5.32 Å². The second-order valence-electron chi connectivity index (χ2n) is 5.61. The molecule has 24 heavy (non-hydrogen) atoms. The van der Waals surface area contributed by atoms with Gasteiger partial charge < -0.3 is 5.32 Å². The maximum Gasteiger partial charge on any atom is 0.193 e. The molecule has 0 bridgehead atoms. The molecular weight excluding hydrogens is 320 g/mol. The van der Waals surface area contributed by atoms with Gasteiger partial charge in [-0.25, -0.2) is 0 Å². The number of ketones is 1. The molecule has 4 heteroatoms. The van der Waals surface area contributed by atoms with Crippen LogP contribution in [0.1, 0.15) is 27.0 Å². The lowest BCUT2D eigenvalue weighted by molar-refractivity contribution is 0.103. The van der Waals surface area contributed by atoms with Crippen LogP contribution >= 0.6 is 11.6 Å². The van der Waals surface area contributed by atoms with E-state index in [1.54, 1.807) is 24.5 Å². The summed E-state index contributed by atoms with van der Waals surface area (Å²) in [5, 5.41) is 3.82. The first-order valence-electron chi connectivity index (χ1n) is 7.64. The van der Waals surface area contributed by atoms with Gasteiger partial charge in [-0.2, -0.15) is 0 Å². The predicted molar refractivity (Wildman–Crippen MR) is 98.3 cm³/mol. The standard InChI is InChI=1S/C20H17ClN2O/c1-13-10-11-22-12-18(13)23-17-9-8-16(14(2)19(17)21)20(24)15-6-4-3-5-7-15/h3-12,23H,1-2H3. The number of aryl methyl sites for hydroxylation is 1. The van der Waals surface area contributed by atoms with Crippen LogP contribution in [0.5, 0.6) is 0 Å². The second-order valence-corrected chi connectivity index (χ2v) is 5.99. The molecule has 0 amide bonds. The lowest BCUT2D eigenvalue weighted by Crippen LogP contribution is -2.05. The van der Waals surface area contributed by atoms with Crippen LogP contribution in [0, 0.1) is 13.8 Å². The van der Waals surface area contributed by atoms with Crippen LogP contribution in [0.4, 0.5) is 11.4 Å². The highest BCUT2D eigenvalue weighted by Gasteiger charge is 2.16. The SMILES string of the molecule is Cc1ccncc1Nc1ccc(C(=O)c2ccccc2)c(C)c1Cl. The summed E-state index contributed by atoms with van der Waals surface area (Å²) < 4.78 is 0. The van der Waals surface area contributed by atoms with Gasteiger partial charge in [-0.1, -0.05) is 41.9 Å². The smallest absolute Gasteiger partial charge is 0.193 e. The van der Waals surface area contributed by atoms with Crippen molar-refractivity contribution in [2.45, 2.75) is 13.8 Å².